The summed E-state index contributed by atoms with van der Waals surface area (Å²) in [5.74, 6) is -2.01. The van der Waals surface area contributed by atoms with Gasteiger partial charge in [0.05, 0.1) is 19.3 Å². The summed E-state index contributed by atoms with van der Waals surface area (Å²) in [6, 6.07) is 11.6. The maximum absolute atomic E-state index is 14.3. The van der Waals surface area contributed by atoms with Gasteiger partial charge in [-0.05, 0) is 49.4 Å². The average molecular weight is 905 g/mol. The molecule has 15 atom stereocenters. The van der Waals surface area contributed by atoms with Crippen molar-refractivity contribution in [3.8, 4) is 45.8 Å². The number of fused-ring (bicyclic) bond motifs is 1. The van der Waals surface area contributed by atoms with Crippen molar-refractivity contribution in [1.82, 2.24) is 0 Å². The summed E-state index contributed by atoms with van der Waals surface area (Å²) in [7, 11) is 0. The van der Waals surface area contributed by atoms with Gasteiger partial charge in [0.25, 0.3) is 0 Å². The molecule has 4 heterocycles. The number of aromatic hydroxyl groups is 3. The number of hydrogen-bond donors (Lipinski definition) is 13. The van der Waals surface area contributed by atoms with Crippen LogP contribution < -0.4 is 19.6 Å². The minimum atomic E-state index is -1.94. The zero-order chi connectivity index (χ0) is 46.1. The fourth-order valence-corrected chi connectivity index (χ4v) is 7.32. The summed E-state index contributed by atoms with van der Waals surface area (Å²) in [6.45, 7) is -0.347. The van der Waals surface area contributed by atoms with Gasteiger partial charge >= 0.3 is 0 Å². The number of phenolic OH excluding ortho intramolecular Hbond substituents is 3. The number of rotatable bonds is 13. The van der Waals surface area contributed by atoms with Crippen molar-refractivity contribution in [2.75, 3.05) is 19.8 Å². The molecule has 3 saturated heterocycles. The van der Waals surface area contributed by atoms with E-state index in [9.17, 15) is 71.2 Å². The summed E-state index contributed by atoms with van der Waals surface area (Å²) in [6.07, 6.45) is -21.8. The molecule has 0 radical (unpaired) electrons. The molecule has 13 N–H and O–H groups in total. The highest BCUT2D eigenvalue weighted by molar-refractivity contribution is 5.88. The lowest BCUT2D eigenvalue weighted by atomic mass is 9.97. The van der Waals surface area contributed by atoms with E-state index < -0.39 is 128 Å². The second kappa shape index (κ2) is 19.5. The molecule has 0 bridgehead atoms. The van der Waals surface area contributed by atoms with Crippen molar-refractivity contribution in [1.29, 1.82) is 0 Å². The van der Waals surface area contributed by atoms with E-state index in [2.05, 4.69) is 0 Å². The summed E-state index contributed by atoms with van der Waals surface area (Å²) >= 11 is 0. The third-order valence-electron chi connectivity index (χ3n) is 10.9. The van der Waals surface area contributed by atoms with Gasteiger partial charge in [0.2, 0.25) is 23.8 Å². The van der Waals surface area contributed by atoms with Crippen LogP contribution in [-0.4, -0.2) is 178 Å². The van der Waals surface area contributed by atoms with Gasteiger partial charge < -0.3 is 104 Å². The number of phenols is 3. The molecule has 3 aromatic carbocycles. The van der Waals surface area contributed by atoms with E-state index in [0.717, 1.165) is 6.07 Å². The van der Waals surface area contributed by atoms with Gasteiger partial charge in [-0.1, -0.05) is 6.08 Å². The van der Waals surface area contributed by atoms with Crippen molar-refractivity contribution < 1.29 is 104 Å². The van der Waals surface area contributed by atoms with Crippen LogP contribution in [0, 0.1) is 0 Å². The standard InChI is InChI=1S/C42H48O22/c1-16-28(48)32(52)35(55)40(58-16)64-39-34(54)30(50)26(15-44)62-42(39)63-38-31(51)27-22(47)12-21(13-24(27)59-37(38)18-5-7-19(45)8-6-18)57-10-2-3-17-4-9-20(46)11-23(17)60-41-36(56)33(53)29(49)25(14-43)61-41/h2-9,11-13,16,25-26,28-30,32-36,39-50,52-56H,10,14-15H2,1H3. The SMILES string of the molecule is CC1OC(OC2C(Oc3c(-c4ccc(O)cc4)oc4cc(OCC=Cc5ccc(O)cc5OC5OC(CO)C(O)C(O)C5O)cc(O)c4c3=O)OC(CO)C(O)C2O)C(O)C(O)C1O. The average Bonchev–Trinajstić information content (AvgIpc) is 3.27. The predicted molar refractivity (Wildman–Crippen MR) is 214 cm³/mol. The second-order valence-corrected chi connectivity index (χ2v) is 15.3. The Morgan fingerprint density at radius 3 is 1.97 bits per heavy atom. The highest BCUT2D eigenvalue weighted by Crippen LogP contribution is 2.39. The Kier molecular flexibility index (Phi) is 14.3. The Labute approximate surface area is 361 Å². The van der Waals surface area contributed by atoms with E-state index in [0.29, 0.717) is 5.56 Å². The summed E-state index contributed by atoms with van der Waals surface area (Å²) < 4.78 is 46.2. The van der Waals surface area contributed by atoms with Crippen LogP contribution in [0.15, 0.2) is 69.9 Å². The third-order valence-corrected chi connectivity index (χ3v) is 10.9. The topological polar surface area (TPSA) is 358 Å². The van der Waals surface area contributed by atoms with Crippen molar-refractivity contribution >= 4 is 17.0 Å². The first kappa shape index (κ1) is 46.8. The van der Waals surface area contributed by atoms with Crippen molar-refractivity contribution in [2.24, 2.45) is 0 Å². The first-order chi connectivity index (χ1) is 30.5. The van der Waals surface area contributed by atoms with E-state index in [1.165, 1.54) is 67.6 Å². The Morgan fingerprint density at radius 2 is 1.28 bits per heavy atom. The van der Waals surface area contributed by atoms with Gasteiger partial charge in [-0.25, -0.2) is 0 Å². The van der Waals surface area contributed by atoms with Crippen LogP contribution in [0.3, 0.4) is 0 Å². The van der Waals surface area contributed by atoms with Crippen LogP contribution >= 0.6 is 0 Å². The molecule has 0 saturated carbocycles. The molecule has 3 aliphatic heterocycles. The van der Waals surface area contributed by atoms with Gasteiger partial charge in [-0.3, -0.25) is 4.79 Å². The monoisotopic (exact) mass is 904 g/mol. The van der Waals surface area contributed by atoms with E-state index in [1.54, 1.807) is 0 Å². The summed E-state index contributed by atoms with van der Waals surface area (Å²) in [5, 5.41) is 134. The predicted octanol–water partition coefficient (Wildman–Crippen LogP) is -2.12. The molecule has 0 aliphatic carbocycles. The molecule has 22 nitrogen and oxygen atoms in total. The number of aliphatic hydroxyl groups is 10. The van der Waals surface area contributed by atoms with Crippen molar-refractivity contribution in [2.45, 2.75) is 99.0 Å². The molecule has 64 heavy (non-hydrogen) atoms. The molecule has 7 rings (SSSR count). The molecule has 3 fully saturated rings. The Bertz CT molecular complexity index is 2320. The Morgan fingerprint density at radius 1 is 0.656 bits per heavy atom. The minimum absolute atomic E-state index is 0.00817. The van der Waals surface area contributed by atoms with Crippen LogP contribution in [0.1, 0.15) is 12.5 Å². The van der Waals surface area contributed by atoms with Gasteiger partial charge in [-0.2, -0.15) is 0 Å². The normalized spacial score (nSPS) is 33.3. The van der Waals surface area contributed by atoms with Gasteiger partial charge in [0.1, 0.15) is 107 Å². The number of hydrogen-bond acceptors (Lipinski definition) is 22. The number of ether oxygens (including phenoxy) is 7. The lowest BCUT2D eigenvalue weighted by molar-refractivity contribution is -0.354. The second-order valence-electron chi connectivity index (χ2n) is 15.3. The molecule has 0 amide bonds. The van der Waals surface area contributed by atoms with Gasteiger partial charge in [-0.15, -0.1) is 0 Å². The fraction of sp³-hybridized carbons (Fsp3) is 0.452. The van der Waals surface area contributed by atoms with Crippen LogP contribution in [0.4, 0.5) is 0 Å². The van der Waals surface area contributed by atoms with E-state index in [-0.39, 0.29) is 46.5 Å². The first-order valence-electron chi connectivity index (χ1n) is 19.9. The Hall–Kier alpha value is -5.15. The molecule has 0 spiro atoms. The van der Waals surface area contributed by atoms with Gasteiger partial charge in [0, 0.05) is 29.3 Å². The first-order valence-corrected chi connectivity index (χ1v) is 19.9. The largest absolute Gasteiger partial charge is 0.508 e. The van der Waals surface area contributed by atoms with Crippen LogP contribution in [-0.2, 0) is 18.9 Å². The lowest BCUT2D eigenvalue weighted by Crippen LogP contribution is -2.64. The van der Waals surface area contributed by atoms with Gasteiger partial charge in [0.15, 0.2) is 18.2 Å². The number of benzene rings is 3. The maximum Gasteiger partial charge on any atom is 0.239 e. The molecule has 22 heteroatoms. The van der Waals surface area contributed by atoms with Crippen molar-refractivity contribution in [3.05, 3.63) is 76.5 Å². The number of aliphatic hydroxyl groups excluding tert-OH is 10. The Balaban J connectivity index is 1.17. The van der Waals surface area contributed by atoms with E-state index in [1.807, 2.05) is 0 Å². The van der Waals surface area contributed by atoms with E-state index in [4.69, 9.17) is 37.6 Å². The molecule has 3 aliphatic rings. The molecular weight excluding hydrogens is 856 g/mol. The fourth-order valence-electron chi connectivity index (χ4n) is 7.32. The molecule has 1 aromatic heterocycles. The zero-order valence-electron chi connectivity index (χ0n) is 33.6. The quantitative estimate of drug-likeness (QED) is 0.0682. The lowest BCUT2D eigenvalue weighted by Gasteiger charge is -2.45. The molecule has 4 aromatic rings. The molecule has 15 unspecified atom stereocenters. The van der Waals surface area contributed by atoms with Crippen molar-refractivity contribution in [3.63, 3.8) is 0 Å². The highest BCUT2D eigenvalue weighted by atomic mass is 16.8. The third kappa shape index (κ3) is 9.47. The van der Waals surface area contributed by atoms with Crippen LogP contribution in [0.25, 0.3) is 28.4 Å². The zero-order valence-corrected chi connectivity index (χ0v) is 33.6. The smallest absolute Gasteiger partial charge is 0.239 e. The molecular formula is C42H48O22. The summed E-state index contributed by atoms with van der Waals surface area (Å²) in [4.78, 5) is 14.3. The van der Waals surface area contributed by atoms with Crippen LogP contribution in [0.5, 0.6) is 34.5 Å². The van der Waals surface area contributed by atoms with Crippen LogP contribution in [0.2, 0.25) is 0 Å². The highest BCUT2D eigenvalue weighted by Gasteiger charge is 2.51. The van der Waals surface area contributed by atoms with E-state index >= 15 is 0 Å². The maximum atomic E-state index is 14.3. The minimum Gasteiger partial charge on any atom is -0.508 e. The summed E-state index contributed by atoms with van der Waals surface area (Å²) in [5.41, 5.74) is -0.764. The molecule has 348 valence electrons.